The quantitative estimate of drug-likeness (QED) is 0.295. The van der Waals surface area contributed by atoms with E-state index in [4.69, 9.17) is 0 Å². The van der Waals surface area contributed by atoms with Gasteiger partial charge in [-0.15, -0.1) is 0 Å². The minimum absolute atomic E-state index is 0.201. The molecule has 3 aromatic carbocycles. The molecule has 0 fully saturated rings. The molecule has 34 heavy (non-hydrogen) atoms. The number of fused-ring (bicyclic) bond motifs is 1. The summed E-state index contributed by atoms with van der Waals surface area (Å²) in [6.45, 7) is 0. The first kappa shape index (κ1) is 22.3. The molecule has 1 atom stereocenters. The molecule has 3 N–H and O–H groups in total. The minimum Gasteiger partial charge on any atom is -0.335 e. The number of nitrogens with zero attached hydrogens (tertiary/aromatic N) is 2. The number of hydrogen-bond acceptors (Lipinski definition) is 5. The Kier molecular flexibility index (Phi) is 7.00. The summed E-state index contributed by atoms with van der Waals surface area (Å²) in [6.07, 6.45) is 4.95. The highest BCUT2D eigenvalue weighted by molar-refractivity contribution is 5.99. The summed E-state index contributed by atoms with van der Waals surface area (Å²) < 4.78 is 0. The fourth-order valence-corrected chi connectivity index (χ4v) is 3.34. The number of carbonyl (C=O) groups excluding carboxylic acids is 2. The average molecular weight is 451 g/mol. The molecular formula is C26H21N5O3. The molecule has 8 nitrogen and oxygen atoms in total. The molecule has 0 aliphatic rings. The molecule has 0 saturated heterocycles. The van der Waals surface area contributed by atoms with Gasteiger partial charge in [0.15, 0.2) is 6.04 Å². The van der Waals surface area contributed by atoms with Crippen molar-refractivity contribution >= 4 is 34.9 Å². The van der Waals surface area contributed by atoms with Gasteiger partial charge in [0.05, 0.1) is 5.39 Å². The van der Waals surface area contributed by atoms with Crippen molar-refractivity contribution in [2.45, 2.75) is 6.04 Å². The van der Waals surface area contributed by atoms with Gasteiger partial charge in [-0.3, -0.25) is 14.4 Å². The lowest BCUT2D eigenvalue weighted by molar-refractivity contribution is -0.123. The van der Waals surface area contributed by atoms with Crippen molar-refractivity contribution < 1.29 is 9.59 Å². The van der Waals surface area contributed by atoms with Crippen molar-refractivity contribution in [2.24, 2.45) is 5.10 Å². The Bertz CT molecular complexity index is 1410. The zero-order valence-electron chi connectivity index (χ0n) is 18.0. The molecule has 0 spiro atoms. The predicted molar refractivity (Wildman–Crippen MR) is 131 cm³/mol. The first-order valence-corrected chi connectivity index (χ1v) is 10.5. The van der Waals surface area contributed by atoms with Crippen LogP contribution in [0.25, 0.3) is 16.8 Å². The minimum atomic E-state index is -1.20. The van der Waals surface area contributed by atoms with Crippen LogP contribution in [0.1, 0.15) is 27.7 Å². The molecule has 1 unspecified atom stereocenters. The van der Waals surface area contributed by atoms with Crippen LogP contribution in [-0.4, -0.2) is 28.2 Å². The molecule has 0 saturated carbocycles. The lowest BCUT2D eigenvalue weighted by Crippen LogP contribution is -2.40. The number of amides is 2. The van der Waals surface area contributed by atoms with E-state index in [0.29, 0.717) is 16.3 Å². The number of hydrogen-bond donors (Lipinski definition) is 3. The Balaban J connectivity index is 1.60. The van der Waals surface area contributed by atoms with E-state index in [1.54, 1.807) is 60.7 Å². The number of H-pyrrole nitrogens is 1. The maximum Gasteiger partial charge on any atom is 0.272 e. The van der Waals surface area contributed by atoms with Crippen LogP contribution in [0.3, 0.4) is 0 Å². The van der Waals surface area contributed by atoms with E-state index in [1.807, 2.05) is 36.4 Å². The number of nitrogens with one attached hydrogen (secondary N) is 3. The van der Waals surface area contributed by atoms with Crippen molar-refractivity contribution in [3.63, 3.8) is 0 Å². The van der Waals surface area contributed by atoms with Crippen molar-refractivity contribution in [3.8, 4) is 0 Å². The monoisotopic (exact) mass is 451 g/mol. The van der Waals surface area contributed by atoms with Gasteiger partial charge in [-0.05, 0) is 29.8 Å². The molecule has 0 bridgehead atoms. The van der Waals surface area contributed by atoms with Crippen molar-refractivity contribution in [1.82, 2.24) is 20.9 Å². The summed E-state index contributed by atoms with van der Waals surface area (Å²) in [5.41, 5.74) is 3.61. The number of aromatic amines is 1. The summed E-state index contributed by atoms with van der Waals surface area (Å²) in [6, 6.07) is 23.7. The van der Waals surface area contributed by atoms with E-state index in [-0.39, 0.29) is 5.69 Å². The summed E-state index contributed by atoms with van der Waals surface area (Å²) in [4.78, 5) is 38.1. The zero-order valence-corrected chi connectivity index (χ0v) is 18.0. The summed E-state index contributed by atoms with van der Waals surface area (Å²) in [5, 5.41) is 13.9. The third kappa shape index (κ3) is 5.31. The highest BCUT2D eigenvalue weighted by Crippen LogP contribution is 2.20. The second-order valence-electron chi connectivity index (χ2n) is 7.28. The van der Waals surface area contributed by atoms with Crippen LogP contribution in [-0.2, 0) is 4.79 Å². The predicted octanol–water partition coefficient (Wildman–Crippen LogP) is 3.21. The number of benzene rings is 3. The van der Waals surface area contributed by atoms with Crippen LogP contribution in [0.4, 0.5) is 0 Å². The van der Waals surface area contributed by atoms with Crippen molar-refractivity contribution in [3.05, 3.63) is 118 Å². The van der Waals surface area contributed by atoms with Gasteiger partial charge in [-0.25, -0.2) is 10.5 Å². The Morgan fingerprint density at radius 3 is 2.26 bits per heavy atom. The fourth-order valence-electron chi connectivity index (χ4n) is 3.34. The molecule has 8 heteroatoms. The highest BCUT2D eigenvalue weighted by Gasteiger charge is 2.27. The standard InChI is InChI=1S/C26H21N5O3/c32-24(19-13-5-2-6-14-19)28-23(22-20-15-7-8-16-21(20)25(33)31-29-22)26(34)30-27-17-9-12-18-10-3-1-4-11-18/h1-17,23H,(H,28,32)(H,30,34)(H,31,33). The van der Waals surface area contributed by atoms with E-state index in [0.717, 1.165) is 5.56 Å². The number of rotatable bonds is 7. The third-order valence-electron chi connectivity index (χ3n) is 5.00. The summed E-state index contributed by atoms with van der Waals surface area (Å²) in [7, 11) is 0. The van der Waals surface area contributed by atoms with Crippen LogP contribution >= 0.6 is 0 Å². The molecule has 0 radical (unpaired) electrons. The maximum atomic E-state index is 13.1. The third-order valence-corrected chi connectivity index (χ3v) is 5.00. The van der Waals surface area contributed by atoms with Gasteiger partial charge in [-0.2, -0.15) is 10.2 Å². The van der Waals surface area contributed by atoms with Gasteiger partial charge in [0.1, 0.15) is 5.69 Å². The number of carbonyl (C=O) groups is 2. The first-order valence-electron chi connectivity index (χ1n) is 10.5. The normalized spacial score (nSPS) is 12.1. The molecule has 4 aromatic rings. The smallest absolute Gasteiger partial charge is 0.272 e. The Labute approximate surface area is 195 Å². The maximum absolute atomic E-state index is 13.1. The van der Waals surface area contributed by atoms with Gasteiger partial charge in [0.25, 0.3) is 17.4 Å². The van der Waals surface area contributed by atoms with E-state index < -0.39 is 23.4 Å². The Morgan fingerprint density at radius 1 is 0.882 bits per heavy atom. The van der Waals surface area contributed by atoms with E-state index in [9.17, 15) is 14.4 Å². The van der Waals surface area contributed by atoms with E-state index in [2.05, 4.69) is 26.0 Å². The number of aromatic nitrogens is 2. The highest BCUT2D eigenvalue weighted by atomic mass is 16.2. The van der Waals surface area contributed by atoms with Gasteiger partial charge in [0, 0.05) is 17.2 Å². The van der Waals surface area contributed by atoms with Crippen LogP contribution in [0.2, 0.25) is 0 Å². The summed E-state index contributed by atoms with van der Waals surface area (Å²) in [5.74, 6) is -1.08. The Hall–Kier alpha value is -4.85. The second-order valence-corrected chi connectivity index (χ2v) is 7.28. The number of hydrazone groups is 1. The molecule has 4 rings (SSSR count). The van der Waals surface area contributed by atoms with Crippen molar-refractivity contribution in [2.75, 3.05) is 0 Å². The largest absolute Gasteiger partial charge is 0.335 e. The molecular weight excluding hydrogens is 430 g/mol. The van der Waals surface area contributed by atoms with Gasteiger partial charge in [-0.1, -0.05) is 72.8 Å². The van der Waals surface area contributed by atoms with Crippen LogP contribution in [0, 0.1) is 0 Å². The average Bonchev–Trinajstić information content (AvgIpc) is 2.88. The van der Waals surface area contributed by atoms with Gasteiger partial charge >= 0.3 is 0 Å². The van der Waals surface area contributed by atoms with Crippen LogP contribution in [0.15, 0.2) is 101 Å². The van der Waals surface area contributed by atoms with E-state index >= 15 is 0 Å². The first-order chi connectivity index (χ1) is 16.6. The molecule has 168 valence electrons. The Morgan fingerprint density at radius 2 is 1.53 bits per heavy atom. The van der Waals surface area contributed by atoms with Crippen LogP contribution in [0.5, 0.6) is 0 Å². The molecule has 2 amide bonds. The zero-order chi connectivity index (χ0) is 23.8. The lowest BCUT2D eigenvalue weighted by Gasteiger charge is -2.18. The van der Waals surface area contributed by atoms with Crippen LogP contribution < -0.4 is 16.3 Å². The lowest BCUT2D eigenvalue weighted by atomic mass is 10.0. The molecule has 1 heterocycles. The van der Waals surface area contributed by atoms with Gasteiger partial charge < -0.3 is 5.32 Å². The SMILES string of the molecule is O=C(NC(C(=O)NN=CC=Cc1ccccc1)c1n[nH]c(=O)c2ccccc12)c1ccccc1. The second kappa shape index (κ2) is 10.6. The molecule has 0 aliphatic carbocycles. The molecule has 1 aromatic heterocycles. The van der Waals surface area contributed by atoms with E-state index in [1.165, 1.54) is 6.21 Å². The fraction of sp³-hybridized carbons (Fsp3) is 0.0385. The van der Waals surface area contributed by atoms with Crippen molar-refractivity contribution in [1.29, 1.82) is 0 Å². The topological polar surface area (TPSA) is 116 Å². The number of allylic oxidation sites excluding steroid dienone is 1. The van der Waals surface area contributed by atoms with Gasteiger partial charge in [0.2, 0.25) is 0 Å². The molecule has 0 aliphatic heterocycles. The summed E-state index contributed by atoms with van der Waals surface area (Å²) >= 11 is 0.